The van der Waals surface area contributed by atoms with Gasteiger partial charge in [0.1, 0.15) is 12.0 Å². The lowest BCUT2D eigenvalue weighted by atomic mass is 10.3. The van der Waals surface area contributed by atoms with Crippen LogP contribution in [-0.2, 0) is 9.47 Å². The standard InChI is InChI=1S/C10H14ClN3O4/c1-17-6-8(18-2)5-13-10-9(11)3-7(4-12-10)14(15)16/h3-4,8H,5-6H2,1-2H3,(H,12,13). The Morgan fingerprint density at radius 2 is 2.33 bits per heavy atom. The second-order valence-corrected chi connectivity index (χ2v) is 3.88. The summed E-state index contributed by atoms with van der Waals surface area (Å²) in [6, 6.07) is 1.25. The fourth-order valence-corrected chi connectivity index (χ4v) is 1.49. The van der Waals surface area contributed by atoms with Gasteiger partial charge in [0.25, 0.3) is 5.69 Å². The number of hydrogen-bond donors (Lipinski definition) is 1. The fraction of sp³-hybridized carbons (Fsp3) is 0.500. The average molecular weight is 276 g/mol. The molecule has 1 aromatic rings. The SMILES string of the molecule is COCC(CNc1ncc([N+](=O)[O-])cc1Cl)OC. The predicted molar refractivity (Wildman–Crippen MR) is 67.1 cm³/mol. The molecule has 1 heterocycles. The molecule has 0 spiro atoms. The van der Waals surface area contributed by atoms with Crippen molar-refractivity contribution in [2.45, 2.75) is 6.10 Å². The highest BCUT2D eigenvalue weighted by molar-refractivity contribution is 6.33. The molecule has 7 nitrogen and oxygen atoms in total. The van der Waals surface area contributed by atoms with E-state index in [1.54, 1.807) is 14.2 Å². The summed E-state index contributed by atoms with van der Waals surface area (Å²) in [7, 11) is 3.14. The number of methoxy groups -OCH3 is 2. The van der Waals surface area contributed by atoms with E-state index in [0.29, 0.717) is 19.0 Å². The van der Waals surface area contributed by atoms with Crippen molar-refractivity contribution in [3.05, 3.63) is 27.4 Å². The van der Waals surface area contributed by atoms with E-state index in [4.69, 9.17) is 21.1 Å². The maximum absolute atomic E-state index is 10.5. The van der Waals surface area contributed by atoms with Crippen LogP contribution in [0.3, 0.4) is 0 Å². The van der Waals surface area contributed by atoms with E-state index in [-0.39, 0.29) is 16.8 Å². The van der Waals surface area contributed by atoms with Gasteiger partial charge < -0.3 is 14.8 Å². The third-order valence-electron chi connectivity index (χ3n) is 2.22. The van der Waals surface area contributed by atoms with Gasteiger partial charge in [-0.1, -0.05) is 11.6 Å². The first-order valence-electron chi connectivity index (χ1n) is 5.14. The molecule has 0 saturated carbocycles. The molecule has 1 aromatic heterocycles. The topological polar surface area (TPSA) is 86.5 Å². The molecule has 0 aromatic carbocycles. The molecule has 0 bridgehead atoms. The highest BCUT2D eigenvalue weighted by Crippen LogP contribution is 2.23. The number of nitrogens with zero attached hydrogens (tertiary/aromatic N) is 2. The fourth-order valence-electron chi connectivity index (χ4n) is 1.26. The first kappa shape index (κ1) is 14.6. The summed E-state index contributed by atoms with van der Waals surface area (Å²) < 4.78 is 10.1. The Balaban J connectivity index is 2.65. The molecule has 0 aliphatic heterocycles. The summed E-state index contributed by atoms with van der Waals surface area (Å²) in [6.45, 7) is 0.864. The van der Waals surface area contributed by atoms with Crippen molar-refractivity contribution in [2.24, 2.45) is 0 Å². The van der Waals surface area contributed by atoms with Crippen LogP contribution >= 0.6 is 11.6 Å². The Morgan fingerprint density at radius 3 is 2.83 bits per heavy atom. The minimum atomic E-state index is -0.550. The van der Waals surface area contributed by atoms with Crippen LogP contribution in [0.1, 0.15) is 0 Å². The number of nitro groups is 1. The zero-order chi connectivity index (χ0) is 13.5. The van der Waals surface area contributed by atoms with E-state index in [1.165, 1.54) is 6.07 Å². The molecular formula is C10H14ClN3O4. The van der Waals surface area contributed by atoms with Gasteiger partial charge >= 0.3 is 0 Å². The Kier molecular flexibility index (Phi) is 5.76. The molecule has 1 N–H and O–H groups in total. The van der Waals surface area contributed by atoms with Gasteiger partial charge in [0.15, 0.2) is 0 Å². The largest absolute Gasteiger partial charge is 0.382 e. The molecular weight excluding hydrogens is 262 g/mol. The molecule has 0 amide bonds. The number of rotatable bonds is 7. The third-order valence-corrected chi connectivity index (χ3v) is 2.51. The molecule has 0 saturated heterocycles. The zero-order valence-corrected chi connectivity index (χ0v) is 10.8. The lowest BCUT2D eigenvalue weighted by Crippen LogP contribution is -2.26. The maximum atomic E-state index is 10.5. The Bertz CT molecular complexity index is 416. The van der Waals surface area contributed by atoms with Crippen molar-refractivity contribution in [3.63, 3.8) is 0 Å². The van der Waals surface area contributed by atoms with Gasteiger partial charge in [0.2, 0.25) is 0 Å². The third kappa shape index (κ3) is 4.10. The van der Waals surface area contributed by atoms with Crippen molar-refractivity contribution < 1.29 is 14.4 Å². The van der Waals surface area contributed by atoms with Gasteiger partial charge in [-0.25, -0.2) is 4.98 Å². The van der Waals surface area contributed by atoms with Crippen LogP contribution in [0.4, 0.5) is 11.5 Å². The Hall–Kier alpha value is -1.44. The molecule has 0 aliphatic rings. The lowest BCUT2D eigenvalue weighted by molar-refractivity contribution is -0.385. The van der Waals surface area contributed by atoms with Gasteiger partial charge in [-0.2, -0.15) is 0 Å². The average Bonchev–Trinajstić information content (AvgIpc) is 2.35. The molecule has 100 valence electrons. The van der Waals surface area contributed by atoms with E-state index < -0.39 is 4.92 Å². The zero-order valence-electron chi connectivity index (χ0n) is 10.1. The monoisotopic (exact) mass is 275 g/mol. The molecule has 0 aliphatic carbocycles. The summed E-state index contributed by atoms with van der Waals surface area (Å²) in [5, 5.41) is 13.6. The molecule has 8 heteroatoms. The van der Waals surface area contributed by atoms with Crippen LogP contribution in [0.5, 0.6) is 0 Å². The summed E-state index contributed by atoms with van der Waals surface area (Å²) >= 11 is 5.88. The highest BCUT2D eigenvalue weighted by atomic mass is 35.5. The molecule has 18 heavy (non-hydrogen) atoms. The van der Waals surface area contributed by atoms with Crippen LogP contribution in [0.25, 0.3) is 0 Å². The number of pyridine rings is 1. The van der Waals surface area contributed by atoms with Gasteiger partial charge in [0, 0.05) is 26.8 Å². The lowest BCUT2D eigenvalue weighted by Gasteiger charge is -2.15. The first-order valence-corrected chi connectivity index (χ1v) is 5.51. The number of nitrogens with one attached hydrogen (secondary N) is 1. The molecule has 1 rings (SSSR count). The number of hydrogen-bond acceptors (Lipinski definition) is 6. The van der Waals surface area contributed by atoms with Crippen molar-refractivity contribution in [2.75, 3.05) is 32.7 Å². The maximum Gasteiger partial charge on any atom is 0.289 e. The minimum Gasteiger partial charge on any atom is -0.382 e. The van der Waals surface area contributed by atoms with Crippen LogP contribution in [0, 0.1) is 10.1 Å². The number of halogens is 1. The second kappa shape index (κ2) is 7.10. The smallest absolute Gasteiger partial charge is 0.289 e. The van der Waals surface area contributed by atoms with Crippen molar-refractivity contribution in [3.8, 4) is 0 Å². The van der Waals surface area contributed by atoms with E-state index in [1.807, 2.05) is 0 Å². The van der Waals surface area contributed by atoms with Crippen LogP contribution in [-0.4, -0.2) is 43.4 Å². The number of anilines is 1. The van der Waals surface area contributed by atoms with Gasteiger partial charge in [-0.05, 0) is 0 Å². The molecule has 0 radical (unpaired) electrons. The quantitative estimate of drug-likeness (QED) is 0.602. The first-order chi connectivity index (χ1) is 8.58. The molecule has 0 fully saturated rings. The summed E-state index contributed by atoms with van der Waals surface area (Å²) in [5.74, 6) is 0.375. The van der Waals surface area contributed by atoms with Crippen LogP contribution < -0.4 is 5.32 Å². The molecule has 1 atom stereocenters. The van der Waals surface area contributed by atoms with E-state index in [0.717, 1.165) is 6.20 Å². The summed E-state index contributed by atoms with van der Waals surface area (Å²) in [4.78, 5) is 13.8. The van der Waals surface area contributed by atoms with Crippen molar-refractivity contribution >= 4 is 23.1 Å². The van der Waals surface area contributed by atoms with Crippen molar-refractivity contribution in [1.29, 1.82) is 0 Å². The minimum absolute atomic E-state index is 0.147. The Morgan fingerprint density at radius 1 is 1.61 bits per heavy atom. The van der Waals surface area contributed by atoms with E-state index in [2.05, 4.69) is 10.3 Å². The van der Waals surface area contributed by atoms with Gasteiger partial charge in [0.05, 0.1) is 22.7 Å². The number of aromatic nitrogens is 1. The van der Waals surface area contributed by atoms with Gasteiger partial charge in [-0.15, -0.1) is 0 Å². The van der Waals surface area contributed by atoms with Crippen LogP contribution in [0.15, 0.2) is 12.3 Å². The molecule has 1 unspecified atom stereocenters. The van der Waals surface area contributed by atoms with Crippen molar-refractivity contribution in [1.82, 2.24) is 4.98 Å². The van der Waals surface area contributed by atoms with Crippen LogP contribution in [0.2, 0.25) is 5.02 Å². The normalized spacial score (nSPS) is 12.2. The van der Waals surface area contributed by atoms with E-state index in [9.17, 15) is 10.1 Å². The Labute approximate surface area is 109 Å². The highest BCUT2D eigenvalue weighted by Gasteiger charge is 2.12. The van der Waals surface area contributed by atoms with E-state index >= 15 is 0 Å². The van der Waals surface area contributed by atoms with Gasteiger partial charge in [-0.3, -0.25) is 10.1 Å². The summed E-state index contributed by atoms with van der Waals surface area (Å²) in [5.41, 5.74) is -0.147. The number of ether oxygens (including phenoxy) is 2. The predicted octanol–water partition coefficient (Wildman–Crippen LogP) is 1.72. The second-order valence-electron chi connectivity index (χ2n) is 3.48. The summed E-state index contributed by atoms with van der Waals surface area (Å²) in [6.07, 6.45) is 0.995.